The van der Waals surface area contributed by atoms with Gasteiger partial charge in [-0.2, -0.15) is 0 Å². The van der Waals surface area contributed by atoms with Crippen LogP contribution < -0.4 is 5.32 Å². The fourth-order valence-electron chi connectivity index (χ4n) is 1.94. The van der Waals surface area contributed by atoms with Gasteiger partial charge in [-0.15, -0.1) is 0 Å². The number of hydrogen-bond acceptors (Lipinski definition) is 5. The van der Waals surface area contributed by atoms with E-state index in [2.05, 4.69) is 5.32 Å². The number of carboxylic acids is 1. The molecule has 1 aromatic rings. The van der Waals surface area contributed by atoms with E-state index in [-0.39, 0.29) is 19.6 Å². The zero-order valence-electron chi connectivity index (χ0n) is 10.1. The van der Waals surface area contributed by atoms with Crippen molar-refractivity contribution in [3.63, 3.8) is 0 Å². The molecule has 2 N–H and O–H groups in total. The average Bonchev–Trinajstić information content (AvgIpc) is 2.84. The number of anilines is 1. The molecule has 0 saturated carbocycles. The van der Waals surface area contributed by atoms with E-state index in [1.807, 2.05) is 0 Å². The molecule has 1 fully saturated rings. The molecular formula is C11H10F2N2O5. The van der Waals surface area contributed by atoms with E-state index in [9.17, 15) is 28.8 Å². The number of carboxylic acid groups (broad SMARTS) is 1. The standard InChI is InChI=1S/C11H10F2N2O5/c12-6-1-2-7(15(18)19)9(8(6)13)14-11(10(16)17)3-4-20-5-11/h1-2,14H,3-5H2,(H,16,17). The molecule has 0 aromatic heterocycles. The minimum Gasteiger partial charge on any atom is -0.479 e. The molecule has 1 heterocycles. The van der Waals surface area contributed by atoms with Crippen LogP contribution in [0.4, 0.5) is 20.2 Å². The van der Waals surface area contributed by atoms with Crippen LogP contribution in [0.3, 0.4) is 0 Å². The smallest absolute Gasteiger partial charge is 0.331 e. The van der Waals surface area contributed by atoms with Crippen molar-refractivity contribution in [3.8, 4) is 0 Å². The van der Waals surface area contributed by atoms with Gasteiger partial charge in [0.1, 0.15) is 0 Å². The van der Waals surface area contributed by atoms with Gasteiger partial charge in [0, 0.05) is 19.1 Å². The number of benzene rings is 1. The minimum atomic E-state index is -1.71. The summed E-state index contributed by atoms with van der Waals surface area (Å²) in [4.78, 5) is 21.2. The summed E-state index contributed by atoms with van der Waals surface area (Å²) in [5.74, 6) is -4.16. The van der Waals surface area contributed by atoms with Crippen molar-refractivity contribution in [2.45, 2.75) is 12.0 Å². The van der Waals surface area contributed by atoms with Gasteiger partial charge in [0.2, 0.25) is 0 Å². The highest BCUT2D eigenvalue weighted by Gasteiger charge is 2.44. The van der Waals surface area contributed by atoms with E-state index in [0.717, 1.165) is 6.07 Å². The number of nitro groups is 1. The van der Waals surface area contributed by atoms with Gasteiger partial charge in [-0.3, -0.25) is 10.1 Å². The summed E-state index contributed by atoms with van der Waals surface area (Å²) < 4.78 is 31.9. The molecule has 7 nitrogen and oxygen atoms in total. The first kappa shape index (κ1) is 14.1. The predicted molar refractivity (Wildman–Crippen MR) is 62.4 cm³/mol. The Morgan fingerprint density at radius 1 is 1.50 bits per heavy atom. The Morgan fingerprint density at radius 3 is 2.70 bits per heavy atom. The van der Waals surface area contributed by atoms with Crippen molar-refractivity contribution in [1.29, 1.82) is 0 Å². The monoisotopic (exact) mass is 288 g/mol. The molecule has 1 aliphatic rings. The fourth-order valence-corrected chi connectivity index (χ4v) is 1.94. The summed E-state index contributed by atoms with van der Waals surface area (Å²) >= 11 is 0. The van der Waals surface area contributed by atoms with Crippen LogP contribution in [0.15, 0.2) is 12.1 Å². The second kappa shape index (κ2) is 5.00. The number of carbonyl (C=O) groups is 1. The van der Waals surface area contributed by atoms with Gasteiger partial charge in [0.15, 0.2) is 22.9 Å². The molecule has 0 radical (unpaired) electrons. The maximum atomic E-state index is 13.7. The molecule has 0 spiro atoms. The molecule has 0 amide bonds. The molecule has 1 atom stereocenters. The first-order chi connectivity index (χ1) is 9.37. The van der Waals surface area contributed by atoms with Gasteiger partial charge in [0.25, 0.3) is 5.69 Å². The topological polar surface area (TPSA) is 102 Å². The SMILES string of the molecule is O=C(O)C1(Nc2c([N+](=O)[O-])ccc(F)c2F)CCOC1. The van der Waals surface area contributed by atoms with Crippen LogP contribution in [0.5, 0.6) is 0 Å². The van der Waals surface area contributed by atoms with Crippen molar-refractivity contribution in [3.05, 3.63) is 33.9 Å². The largest absolute Gasteiger partial charge is 0.479 e. The van der Waals surface area contributed by atoms with E-state index >= 15 is 0 Å². The molecule has 1 unspecified atom stereocenters. The molecule has 1 saturated heterocycles. The van der Waals surface area contributed by atoms with Crippen LogP contribution in [-0.4, -0.2) is 34.8 Å². The molecular weight excluding hydrogens is 278 g/mol. The summed E-state index contributed by atoms with van der Waals surface area (Å²) in [6.07, 6.45) is -0.0184. The van der Waals surface area contributed by atoms with E-state index in [0.29, 0.717) is 6.07 Å². The molecule has 20 heavy (non-hydrogen) atoms. The van der Waals surface area contributed by atoms with E-state index in [4.69, 9.17) is 4.74 Å². The number of hydrogen-bond donors (Lipinski definition) is 2. The highest BCUT2D eigenvalue weighted by atomic mass is 19.2. The van der Waals surface area contributed by atoms with Crippen LogP contribution in [0.25, 0.3) is 0 Å². The number of nitrogens with zero attached hydrogens (tertiary/aromatic N) is 1. The third-order valence-corrected chi connectivity index (χ3v) is 3.06. The summed E-state index contributed by atoms with van der Waals surface area (Å²) in [6.45, 7) is -0.195. The normalized spacial score (nSPS) is 21.7. The molecule has 108 valence electrons. The Hall–Kier alpha value is -2.29. The van der Waals surface area contributed by atoms with E-state index < -0.39 is 39.4 Å². The van der Waals surface area contributed by atoms with Gasteiger partial charge < -0.3 is 15.2 Å². The third-order valence-electron chi connectivity index (χ3n) is 3.06. The van der Waals surface area contributed by atoms with Crippen molar-refractivity contribution in [2.24, 2.45) is 0 Å². The van der Waals surface area contributed by atoms with Crippen molar-refractivity contribution in [1.82, 2.24) is 0 Å². The number of nitro benzene ring substituents is 1. The summed E-state index contributed by atoms with van der Waals surface area (Å²) in [7, 11) is 0. The van der Waals surface area contributed by atoms with Crippen molar-refractivity contribution < 1.29 is 28.3 Å². The molecule has 1 aliphatic heterocycles. The predicted octanol–water partition coefficient (Wildman–Crippen LogP) is 1.53. The number of ether oxygens (including phenoxy) is 1. The molecule has 1 aromatic carbocycles. The van der Waals surface area contributed by atoms with Gasteiger partial charge >= 0.3 is 5.97 Å². The second-order valence-corrected chi connectivity index (χ2v) is 4.33. The molecule has 2 rings (SSSR count). The lowest BCUT2D eigenvalue weighted by Gasteiger charge is -2.25. The Bertz CT molecular complexity index is 572. The number of nitrogens with one attached hydrogen (secondary N) is 1. The van der Waals surface area contributed by atoms with Gasteiger partial charge in [-0.1, -0.05) is 0 Å². The van der Waals surface area contributed by atoms with Crippen LogP contribution in [0.1, 0.15) is 6.42 Å². The Kier molecular flexibility index (Phi) is 3.53. The zero-order chi connectivity index (χ0) is 14.9. The third kappa shape index (κ3) is 2.27. The lowest BCUT2D eigenvalue weighted by atomic mass is 9.98. The van der Waals surface area contributed by atoms with Gasteiger partial charge in [-0.25, -0.2) is 13.6 Å². The average molecular weight is 288 g/mol. The maximum Gasteiger partial charge on any atom is 0.331 e. The Balaban J connectivity index is 2.49. The Morgan fingerprint density at radius 2 is 2.20 bits per heavy atom. The summed E-state index contributed by atoms with van der Waals surface area (Å²) in [6, 6.07) is 1.38. The number of aliphatic carboxylic acids is 1. The second-order valence-electron chi connectivity index (χ2n) is 4.33. The van der Waals surface area contributed by atoms with Crippen LogP contribution >= 0.6 is 0 Å². The van der Waals surface area contributed by atoms with Crippen LogP contribution in [-0.2, 0) is 9.53 Å². The Labute approximate surface area is 111 Å². The van der Waals surface area contributed by atoms with E-state index in [1.165, 1.54) is 0 Å². The highest BCUT2D eigenvalue weighted by Crippen LogP contribution is 2.34. The molecule has 0 bridgehead atoms. The number of rotatable bonds is 4. The maximum absolute atomic E-state index is 13.7. The molecule has 0 aliphatic carbocycles. The van der Waals surface area contributed by atoms with Crippen LogP contribution in [0.2, 0.25) is 0 Å². The van der Waals surface area contributed by atoms with Crippen molar-refractivity contribution >= 4 is 17.3 Å². The quantitative estimate of drug-likeness (QED) is 0.643. The lowest BCUT2D eigenvalue weighted by Crippen LogP contribution is -2.47. The molecule has 9 heteroatoms. The van der Waals surface area contributed by atoms with Gasteiger partial charge in [0.05, 0.1) is 11.5 Å². The number of halogens is 2. The first-order valence-electron chi connectivity index (χ1n) is 5.59. The fraction of sp³-hybridized carbons (Fsp3) is 0.364. The van der Waals surface area contributed by atoms with Gasteiger partial charge in [-0.05, 0) is 6.07 Å². The van der Waals surface area contributed by atoms with E-state index in [1.54, 1.807) is 0 Å². The van der Waals surface area contributed by atoms with Crippen molar-refractivity contribution in [2.75, 3.05) is 18.5 Å². The highest BCUT2D eigenvalue weighted by molar-refractivity contribution is 5.84. The minimum absolute atomic E-state index is 0.0184. The zero-order valence-corrected chi connectivity index (χ0v) is 10.1. The van der Waals surface area contributed by atoms with Crippen LogP contribution in [0, 0.1) is 21.7 Å². The lowest BCUT2D eigenvalue weighted by molar-refractivity contribution is -0.384. The summed E-state index contributed by atoms with van der Waals surface area (Å²) in [5.41, 5.74) is -3.24. The first-order valence-corrected chi connectivity index (χ1v) is 5.59. The summed E-state index contributed by atoms with van der Waals surface area (Å²) in [5, 5.41) is 22.2.